The molecule has 0 aliphatic carbocycles. The van der Waals surface area contributed by atoms with Gasteiger partial charge >= 0.3 is 6.09 Å². The van der Waals surface area contributed by atoms with Crippen molar-refractivity contribution < 1.29 is 9.53 Å². The van der Waals surface area contributed by atoms with Crippen LogP contribution in [0.5, 0.6) is 0 Å². The molecule has 0 saturated heterocycles. The summed E-state index contributed by atoms with van der Waals surface area (Å²) in [5.74, 6) is 0. The molecule has 0 spiro atoms. The lowest BCUT2D eigenvalue weighted by molar-refractivity contribution is 0.124. The van der Waals surface area contributed by atoms with Crippen molar-refractivity contribution in [1.29, 1.82) is 0 Å². The molecule has 0 rings (SSSR count). The van der Waals surface area contributed by atoms with Crippen molar-refractivity contribution in [1.82, 2.24) is 4.90 Å². The molecule has 0 aromatic heterocycles. The van der Waals surface area contributed by atoms with E-state index in [0.717, 1.165) is 5.57 Å². The van der Waals surface area contributed by atoms with Crippen molar-refractivity contribution in [2.75, 3.05) is 20.2 Å². The molecule has 0 radical (unpaired) electrons. The number of hydrogen-bond acceptors (Lipinski definition) is 2. The maximum Gasteiger partial charge on any atom is 0.410 e. The van der Waals surface area contributed by atoms with Crippen LogP contribution < -0.4 is 0 Å². The second-order valence-corrected chi connectivity index (χ2v) is 2.88. The molecule has 1 amide bonds. The van der Waals surface area contributed by atoms with Gasteiger partial charge in [-0.25, -0.2) is 4.79 Å². The minimum atomic E-state index is -0.365. The monoisotopic (exact) mass is 195 g/mol. The van der Waals surface area contributed by atoms with Crippen molar-refractivity contribution in [3.05, 3.63) is 37.0 Å². The molecule has 0 saturated carbocycles. The van der Waals surface area contributed by atoms with E-state index in [2.05, 4.69) is 13.2 Å². The number of rotatable bonds is 5. The van der Waals surface area contributed by atoms with Crippen molar-refractivity contribution in [3.8, 4) is 0 Å². The highest BCUT2D eigenvalue weighted by Crippen LogP contribution is 1.97. The standard InChI is InChI=1S/C11H17NO2/c1-5-7-10(3)9-14-11(13)12(4)8-6-2/h5-7H,2-3,8-9H2,1,4H3/b7-5-. The van der Waals surface area contributed by atoms with Gasteiger partial charge in [0, 0.05) is 13.6 Å². The van der Waals surface area contributed by atoms with Gasteiger partial charge in [0.1, 0.15) is 6.61 Å². The van der Waals surface area contributed by atoms with Crippen molar-refractivity contribution in [2.24, 2.45) is 0 Å². The fraction of sp³-hybridized carbons (Fsp3) is 0.364. The largest absolute Gasteiger partial charge is 0.445 e. The summed E-state index contributed by atoms with van der Waals surface area (Å²) >= 11 is 0. The number of carbonyl (C=O) groups excluding carboxylic acids is 1. The van der Waals surface area contributed by atoms with E-state index in [1.165, 1.54) is 4.90 Å². The number of carbonyl (C=O) groups is 1. The molecular weight excluding hydrogens is 178 g/mol. The van der Waals surface area contributed by atoms with Crippen LogP contribution in [0.2, 0.25) is 0 Å². The van der Waals surface area contributed by atoms with Gasteiger partial charge in [-0.2, -0.15) is 0 Å². The van der Waals surface area contributed by atoms with Gasteiger partial charge in [-0.3, -0.25) is 0 Å². The Morgan fingerprint density at radius 2 is 2.21 bits per heavy atom. The maximum absolute atomic E-state index is 11.2. The average molecular weight is 195 g/mol. The van der Waals surface area contributed by atoms with Gasteiger partial charge in [0.15, 0.2) is 0 Å². The van der Waals surface area contributed by atoms with Crippen molar-refractivity contribution >= 4 is 6.09 Å². The SMILES string of the molecule is C=CCN(C)C(=O)OCC(=C)/C=C\C. The van der Waals surface area contributed by atoms with Crippen molar-refractivity contribution in [3.63, 3.8) is 0 Å². The molecule has 0 aromatic carbocycles. The lowest BCUT2D eigenvalue weighted by Crippen LogP contribution is -2.27. The number of amides is 1. The first-order valence-corrected chi connectivity index (χ1v) is 4.41. The third kappa shape index (κ3) is 5.19. The van der Waals surface area contributed by atoms with Gasteiger partial charge < -0.3 is 9.64 Å². The molecule has 3 nitrogen and oxygen atoms in total. The van der Waals surface area contributed by atoms with Gasteiger partial charge in [0.25, 0.3) is 0 Å². The van der Waals surface area contributed by atoms with Crippen LogP contribution in [0.25, 0.3) is 0 Å². The van der Waals surface area contributed by atoms with Gasteiger partial charge in [-0.15, -0.1) is 6.58 Å². The van der Waals surface area contributed by atoms with E-state index in [1.54, 1.807) is 19.2 Å². The zero-order valence-corrected chi connectivity index (χ0v) is 8.82. The van der Waals surface area contributed by atoms with E-state index < -0.39 is 0 Å². The summed E-state index contributed by atoms with van der Waals surface area (Å²) in [6.45, 7) is 9.84. The third-order valence-electron chi connectivity index (χ3n) is 1.50. The molecule has 0 atom stereocenters. The van der Waals surface area contributed by atoms with E-state index in [4.69, 9.17) is 4.74 Å². The predicted octanol–water partition coefficient (Wildman–Crippen LogP) is 2.37. The van der Waals surface area contributed by atoms with E-state index in [9.17, 15) is 4.79 Å². The molecule has 3 heteroatoms. The predicted molar refractivity (Wildman–Crippen MR) is 58.1 cm³/mol. The smallest absolute Gasteiger partial charge is 0.410 e. The fourth-order valence-corrected chi connectivity index (χ4v) is 0.817. The topological polar surface area (TPSA) is 29.5 Å². The summed E-state index contributed by atoms with van der Waals surface area (Å²) in [6, 6.07) is 0. The van der Waals surface area contributed by atoms with Crippen LogP contribution in [0.15, 0.2) is 37.0 Å². The molecule has 0 aliphatic heterocycles. The number of allylic oxidation sites excluding steroid dienone is 1. The van der Waals surface area contributed by atoms with Crippen LogP contribution in [0.3, 0.4) is 0 Å². The summed E-state index contributed by atoms with van der Waals surface area (Å²) in [5.41, 5.74) is 0.771. The van der Waals surface area contributed by atoms with Gasteiger partial charge in [0.2, 0.25) is 0 Å². The third-order valence-corrected chi connectivity index (χ3v) is 1.50. The Bertz CT molecular complexity index is 244. The molecule has 0 heterocycles. The highest BCUT2D eigenvalue weighted by Gasteiger charge is 2.07. The Morgan fingerprint density at radius 1 is 1.57 bits per heavy atom. The Kier molecular flexibility index (Phi) is 6.20. The molecule has 0 unspecified atom stereocenters. The Labute approximate surface area is 85.4 Å². The minimum absolute atomic E-state index is 0.227. The average Bonchev–Trinajstić information content (AvgIpc) is 2.15. The van der Waals surface area contributed by atoms with Crippen LogP contribution in [0, 0.1) is 0 Å². The molecular formula is C11H17NO2. The second-order valence-electron chi connectivity index (χ2n) is 2.88. The second kappa shape index (κ2) is 6.95. The summed E-state index contributed by atoms with van der Waals surface area (Å²) < 4.78 is 4.96. The van der Waals surface area contributed by atoms with Crippen LogP contribution in [-0.4, -0.2) is 31.2 Å². The van der Waals surface area contributed by atoms with Crippen LogP contribution >= 0.6 is 0 Å². The summed E-state index contributed by atoms with van der Waals surface area (Å²) in [5, 5.41) is 0. The van der Waals surface area contributed by atoms with E-state index in [1.807, 2.05) is 13.0 Å². The number of hydrogen-bond donors (Lipinski definition) is 0. The first-order chi connectivity index (χ1) is 6.61. The number of likely N-dealkylation sites (N-methyl/N-ethyl adjacent to an activating group) is 1. The van der Waals surface area contributed by atoms with E-state index in [0.29, 0.717) is 6.54 Å². The van der Waals surface area contributed by atoms with Crippen LogP contribution in [0.1, 0.15) is 6.92 Å². The summed E-state index contributed by atoms with van der Waals surface area (Å²) in [4.78, 5) is 12.7. The van der Waals surface area contributed by atoms with E-state index >= 15 is 0 Å². The normalized spacial score (nSPS) is 9.86. The van der Waals surface area contributed by atoms with Gasteiger partial charge in [-0.1, -0.05) is 24.8 Å². The van der Waals surface area contributed by atoms with E-state index in [-0.39, 0.29) is 12.7 Å². The zero-order valence-electron chi connectivity index (χ0n) is 8.82. The van der Waals surface area contributed by atoms with Crippen molar-refractivity contribution in [2.45, 2.75) is 6.92 Å². The first kappa shape index (κ1) is 12.5. The zero-order chi connectivity index (χ0) is 11.0. The minimum Gasteiger partial charge on any atom is -0.445 e. The molecule has 14 heavy (non-hydrogen) atoms. The molecule has 78 valence electrons. The summed E-state index contributed by atoms with van der Waals surface area (Å²) in [7, 11) is 1.66. The lowest BCUT2D eigenvalue weighted by atomic mass is 10.3. The van der Waals surface area contributed by atoms with Gasteiger partial charge in [-0.05, 0) is 12.5 Å². The fourth-order valence-electron chi connectivity index (χ4n) is 0.817. The first-order valence-electron chi connectivity index (χ1n) is 4.41. The molecule has 0 N–H and O–H groups in total. The number of nitrogens with zero attached hydrogens (tertiary/aromatic N) is 1. The lowest BCUT2D eigenvalue weighted by Gasteiger charge is -2.14. The van der Waals surface area contributed by atoms with Crippen LogP contribution in [-0.2, 0) is 4.74 Å². The summed E-state index contributed by atoms with van der Waals surface area (Å²) in [6.07, 6.45) is 4.93. The van der Waals surface area contributed by atoms with Crippen LogP contribution in [0.4, 0.5) is 4.79 Å². The molecule has 0 aromatic rings. The molecule has 0 aliphatic rings. The number of ether oxygens (including phenoxy) is 1. The highest BCUT2D eigenvalue weighted by atomic mass is 16.6. The highest BCUT2D eigenvalue weighted by molar-refractivity contribution is 5.67. The molecule has 0 fully saturated rings. The Balaban J connectivity index is 3.84. The van der Waals surface area contributed by atoms with Gasteiger partial charge in [0.05, 0.1) is 0 Å². The Morgan fingerprint density at radius 3 is 2.71 bits per heavy atom. The maximum atomic E-state index is 11.2. The molecule has 0 bridgehead atoms. The quantitative estimate of drug-likeness (QED) is 0.498. The Hall–Kier alpha value is -1.51.